The summed E-state index contributed by atoms with van der Waals surface area (Å²) >= 11 is 7.35. The lowest BCUT2D eigenvalue weighted by Crippen LogP contribution is -2.48. The average Bonchev–Trinajstić information content (AvgIpc) is 3.25. The van der Waals surface area contributed by atoms with Crippen LogP contribution in [0.1, 0.15) is 11.1 Å². The van der Waals surface area contributed by atoms with E-state index < -0.39 is 20.6 Å². The van der Waals surface area contributed by atoms with Crippen molar-refractivity contribution in [2.45, 2.75) is 18.7 Å². The van der Waals surface area contributed by atoms with Crippen LogP contribution in [0, 0.1) is 24.0 Å². The number of sulfonamides is 1. The zero-order chi connectivity index (χ0) is 23.0. The van der Waals surface area contributed by atoms with Gasteiger partial charge < -0.3 is 4.90 Å². The number of nitro groups is 1. The number of halogens is 1. The Labute approximate surface area is 195 Å². The molecule has 1 aliphatic heterocycles. The minimum Gasteiger partial charge on any atom is -0.345 e. The van der Waals surface area contributed by atoms with Crippen molar-refractivity contribution >= 4 is 43.8 Å². The van der Waals surface area contributed by atoms with Crippen LogP contribution in [0.2, 0.25) is 5.02 Å². The third-order valence-corrected chi connectivity index (χ3v) is 8.54. The first kappa shape index (κ1) is 22.7. The van der Waals surface area contributed by atoms with E-state index in [9.17, 15) is 18.5 Å². The maximum atomic E-state index is 13.0. The number of anilines is 1. The van der Waals surface area contributed by atoms with Crippen molar-refractivity contribution in [1.82, 2.24) is 9.29 Å². The van der Waals surface area contributed by atoms with Gasteiger partial charge >= 0.3 is 0 Å². The first-order chi connectivity index (χ1) is 15.2. The number of nitro benzene ring substituents is 1. The Balaban J connectivity index is 1.49. The highest BCUT2D eigenvalue weighted by atomic mass is 35.5. The van der Waals surface area contributed by atoms with Crippen molar-refractivity contribution < 1.29 is 13.3 Å². The lowest BCUT2D eigenvalue weighted by Gasteiger charge is -2.33. The molecule has 0 unspecified atom stereocenters. The minimum atomic E-state index is -3.86. The maximum absolute atomic E-state index is 13.0. The van der Waals surface area contributed by atoms with Gasteiger partial charge in [-0.3, -0.25) is 10.1 Å². The highest BCUT2D eigenvalue weighted by molar-refractivity contribution is 7.89. The number of nitrogens with zero attached hydrogens (tertiary/aromatic N) is 4. The molecule has 1 saturated heterocycles. The molecule has 0 radical (unpaired) electrons. The van der Waals surface area contributed by atoms with E-state index in [1.54, 1.807) is 0 Å². The molecule has 1 aliphatic rings. The normalized spacial score (nSPS) is 15.2. The fraction of sp³-hybridized carbons (Fsp3) is 0.286. The van der Waals surface area contributed by atoms with Crippen molar-refractivity contribution in [3.8, 4) is 11.3 Å². The quantitative estimate of drug-likeness (QED) is 0.384. The maximum Gasteiger partial charge on any atom is 0.289 e. The van der Waals surface area contributed by atoms with Gasteiger partial charge in [0.1, 0.15) is 5.02 Å². The second-order valence-corrected chi connectivity index (χ2v) is 10.8. The van der Waals surface area contributed by atoms with Gasteiger partial charge in [-0.15, -0.1) is 11.3 Å². The van der Waals surface area contributed by atoms with Crippen LogP contribution in [0.25, 0.3) is 11.3 Å². The molecule has 0 saturated carbocycles. The fourth-order valence-electron chi connectivity index (χ4n) is 3.61. The lowest BCUT2D eigenvalue weighted by atomic mass is 10.0. The Morgan fingerprint density at radius 3 is 2.50 bits per heavy atom. The molecule has 0 atom stereocenters. The summed E-state index contributed by atoms with van der Waals surface area (Å²) in [5.41, 5.74) is 3.91. The van der Waals surface area contributed by atoms with Crippen molar-refractivity contribution in [1.29, 1.82) is 0 Å². The SMILES string of the molecule is Cc1ccc(C)c(-c2csc(N3CCN(S(=O)(=O)c4ccc(Cl)c([N+](=O)[O-])c4)CC3)n2)c1. The summed E-state index contributed by atoms with van der Waals surface area (Å²) in [5, 5.41) is 13.9. The van der Waals surface area contributed by atoms with Crippen LogP contribution >= 0.6 is 22.9 Å². The summed E-state index contributed by atoms with van der Waals surface area (Å²) in [6, 6.07) is 9.82. The van der Waals surface area contributed by atoms with Gasteiger partial charge in [0.25, 0.3) is 5.69 Å². The number of rotatable bonds is 5. The van der Waals surface area contributed by atoms with Crippen LogP contribution in [0.5, 0.6) is 0 Å². The van der Waals surface area contributed by atoms with Gasteiger partial charge in [-0.05, 0) is 37.6 Å². The highest BCUT2D eigenvalue weighted by Gasteiger charge is 2.31. The largest absolute Gasteiger partial charge is 0.345 e. The Hall–Kier alpha value is -2.53. The monoisotopic (exact) mass is 492 g/mol. The smallest absolute Gasteiger partial charge is 0.289 e. The number of benzene rings is 2. The molecular formula is C21H21ClN4O4S2. The average molecular weight is 493 g/mol. The van der Waals surface area contributed by atoms with Crippen molar-refractivity contribution in [3.63, 3.8) is 0 Å². The van der Waals surface area contributed by atoms with Crippen LogP contribution in [0.3, 0.4) is 0 Å². The second-order valence-electron chi connectivity index (χ2n) is 7.60. The Morgan fingerprint density at radius 1 is 1.09 bits per heavy atom. The Morgan fingerprint density at radius 2 is 1.81 bits per heavy atom. The van der Waals surface area contributed by atoms with Crippen molar-refractivity contribution in [2.75, 3.05) is 31.1 Å². The predicted molar refractivity (Wildman–Crippen MR) is 126 cm³/mol. The van der Waals surface area contributed by atoms with E-state index >= 15 is 0 Å². The van der Waals surface area contributed by atoms with Gasteiger partial charge in [-0.25, -0.2) is 13.4 Å². The van der Waals surface area contributed by atoms with Gasteiger partial charge in [0, 0.05) is 43.2 Å². The third-order valence-electron chi connectivity index (χ3n) is 5.42. The molecule has 0 N–H and O–H groups in total. The molecule has 1 aromatic heterocycles. The summed E-state index contributed by atoms with van der Waals surface area (Å²) in [6.07, 6.45) is 0. The lowest BCUT2D eigenvalue weighted by molar-refractivity contribution is -0.384. The number of hydrogen-bond acceptors (Lipinski definition) is 7. The number of piperazine rings is 1. The van der Waals surface area contributed by atoms with E-state index in [0.717, 1.165) is 28.0 Å². The molecule has 32 heavy (non-hydrogen) atoms. The zero-order valence-electron chi connectivity index (χ0n) is 17.5. The Bertz CT molecular complexity index is 1280. The molecule has 11 heteroatoms. The van der Waals surface area contributed by atoms with Crippen molar-refractivity contribution in [2.24, 2.45) is 0 Å². The Kier molecular flexibility index (Phi) is 6.22. The van der Waals surface area contributed by atoms with Crippen molar-refractivity contribution in [3.05, 3.63) is 68.0 Å². The van der Waals surface area contributed by atoms with Crippen LogP contribution in [-0.2, 0) is 10.0 Å². The molecule has 0 bridgehead atoms. The molecule has 0 amide bonds. The predicted octanol–water partition coefficient (Wildman–Crippen LogP) is 4.50. The van der Waals surface area contributed by atoms with E-state index in [1.165, 1.54) is 33.3 Å². The van der Waals surface area contributed by atoms with Gasteiger partial charge in [-0.2, -0.15) is 4.31 Å². The summed E-state index contributed by atoms with van der Waals surface area (Å²) in [4.78, 5) is 17.1. The van der Waals surface area contributed by atoms with Gasteiger partial charge in [0.2, 0.25) is 10.0 Å². The summed E-state index contributed by atoms with van der Waals surface area (Å²) in [6.45, 7) is 5.58. The topological polar surface area (TPSA) is 96.7 Å². The zero-order valence-corrected chi connectivity index (χ0v) is 19.9. The van der Waals surface area contributed by atoms with Crippen LogP contribution in [-0.4, -0.2) is 48.8 Å². The molecule has 168 valence electrons. The number of thiazole rings is 1. The molecule has 8 nitrogen and oxygen atoms in total. The number of aryl methyl sites for hydroxylation is 2. The molecule has 3 aromatic rings. The van der Waals surface area contributed by atoms with Crippen LogP contribution in [0.15, 0.2) is 46.7 Å². The molecule has 4 rings (SSSR count). The second kappa shape index (κ2) is 8.78. The molecule has 2 heterocycles. The van der Waals surface area contributed by atoms with E-state index in [0.29, 0.717) is 13.1 Å². The van der Waals surface area contributed by atoms with Gasteiger partial charge in [0.15, 0.2) is 5.13 Å². The van der Waals surface area contributed by atoms with Gasteiger partial charge in [-0.1, -0.05) is 29.3 Å². The molecule has 2 aromatic carbocycles. The van der Waals surface area contributed by atoms with E-state index in [2.05, 4.69) is 30.0 Å². The van der Waals surface area contributed by atoms with Crippen LogP contribution in [0.4, 0.5) is 10.8 Å². The highest BCUT2D eigenvalue weighted by Crippen LogP contribution is 2.32. The number of aromatic nitrogens is 1. The molecule has 1 fully saturated rings. The first-order valence-electron chi connectivity index (χ1n) is 9.89. The minimum absolute atomic E-state index is 0.0952. The molecule has 0 spiro atoms. The molecule has 0 aliphatic carbocycles. The van der Waals surface area contributed by atoms with Crippen LogP contribution < -0.4 is 4.90 Å². The van der Waals surface area contributed by atoms with E-state index in [-0.39, 0.29) is 23.0 Å². The van der Waals surface area contributed by atoms with Gasteiger partial charge in [0.05, 0.1) is 15.5 Å². The van der Waals surface area contributed by atoms with E-state index in [4.69, 9.17) is 16.6 Å². The summed E-state index contributed by atoms with van der Waals surface area (Å²) in [7, 11) is -3.86. The van der Waals surface area contributed by atoms with E-state index in [1.807, 2.05) is 12.3 Å². The first-order valence-corrected chi connectivity index (χ1v) is 12.6. The summed E-state index contributed by atoms with van der Waals surface area (Å²) in [5.74, 6) is 0. The summed E-state index contributed by atoms with van der Waals surface area (Å²) < 4.78 is 27.4. The standard InChI is InChI=1S/C21H21ClN4O4S2/c1-14-3-4-15(2)17(11-14)19-13-31-21(23-19)24-7-9-25(10-8-24)32(29,30)16-5-6-18(22)20(12-16)26(27)28/h3-6,11-13H,7-10H2,1-2H3. The third kappa shape index (κ3) is 4.36. The number of hydrogen-bond donors (Lipinski definition) is 0. The molecular weight excluding hydrogens is 472 g/mol. The fourth-order valence-corrected chi connectivity index (χ4v) is 6.12.